The van der Waals surface area contributed by atoms with Gasteiger partial charge in [-0.3, -0.25) is 4.98 Å². The van der Waals surface area contributed by atoms with Crippen LogP contribution in [-0.4, -0.2) is 37.3 Å². The quantitative estimate of drug-likeness (QED) is 0.930. The monoisotopic (exact) mass is 335 g/mol. The number of hydrogen-bond donors (Lipinski definition) is 1. The Balaban J connectivity index is 2.07. The molecule has 0 amide bonds. The van der Waals surface area contributed by atoms with E-state index in [9.17, 15) is 12.8 Å². The number of hydrogen-bond acceptors (Lipinski definition) is 4. The molecular formula is C16H18FN3O2S. The van der Waals surface area contributed by atoms with Crippen LogP contribution in [0.1, 0.15) is 17.2 Å². The summed E-state index contributed by atoms with van der Waals surface area (Å²) in [6.07, 6.45) is 3.29. The zero-order chi connectivity index (χ0) is 16.4. The maximum atomic E-state index is 14.2. The molecule has 3 rings (SSSR count). The third-order valence-electron chi connectivity index (χ3n) is 3.99. The Morgan fingerprint density at radius 3 is 2.83 bits per heavy atom. The third-order valence-corrected chi connectivity index (χ3v) is 6.08. The zero-order valence-electron chi connectivity index (χ0n) is 12.7. The Kier molecular flexibility index (Phi) is 4.43. The lowest BCUT2D eigenvalue weighted by Gasteiger charge is -2.35. The van der Waals surface area contributed by atoms with Crippen LogP contribution in [0.25, 0.3) is 0 Å². The van der Waals surface area contributed by atoms with E-state index in [1.807, 2.05) is 6.07 Å². The fourth-order valence-corrected chi connectivity index (χ4v) is 4.78. The van der Waals surface area contributed by atoms with Gasteiger partial charge >= 0.3 is 0 Å². The van der Waals surface area contributed by atoms with E-state index in [2.05, 4.69) is 10.3 Å². The summed E-state index contributed by atoms with van der Waals surface area (Å²) in [5, 5.41) is 3.19. The normalized spacial score (nSPS) is 19.7. The first-order valence-electron chi connectivity index (χ1n) is 7.39. The van der Waals surface area contributed by atoms with Gasteiger partial charge in [0.25, 0.3) is 0 Å². The van der Waals surface area contributed by atoms with E-state index < -0.39 is 21.9 Å². The van der Waals surface area contributed by atoms with Crippen LogP contribution in [-0.2, 0) is 10.0 Å². The molecule has 1 saturated heterocycles. The second-order valence-electron chi connectivity index (χ2n) is 5.51. The van der Waals surface area contributed by atoms with Crippen molar-refractivity contribution in [3.63, 3.8) is 0 Å². The fourth-order valence-electron chi connectivity index (χ4n) is 2.89. The number of nitrogens with one attached hydrogen (secondary N) is 1. The standard InChI is InChI=1S/C16H18FN3O2S/c1-12-4-2-6-14(17)16(12)23(21,22)20-9-8-19-11-15(20)13-5-3-7-18-10-13/h2-7,10,15,19H,8-9,11H2,1H3. The molecule has 0 spiro atoms. The molecule has 1 aromatic heterocycles. The van der Waals surface area contributed by atoms with Crippen LogP contribution in [0, 0.1) is 12.7 Å². The van der Waals surface area contributed by atoms with Crippen molar-refractivity contribution in [2.45, 2.75) is 17.9 Å². The maximum absolute atomic E-state index is 14.2. The average Bonchev–Trinajstić information content (AvgIpc) is 2.55. The fraction of sp³-hybridized carbons (Fsp3) is 0.312. The summed E-state index contributed by atoms with van der Waals surface area (Å²) < 4.78 is 41.7. The van der Waals surface area contributed by atoms with Crippen LogP contribution in [0.15, 0.2) is 47.6 Å². The van der Waals surface area contributed by atoms with Crippen molar-refractivity contribution in [3.8, 4) is 0 Å². The molecule has 0 bridgehead atoms. The summed E-state index contributed by atoms with van der Waals surface area (Å²) in [4.78, 5) is 3.82. The summed E-state index contributed by atoms with van der Waals surface area (Å²) in [7, 11) is -3.93. The molecule has 1 atom stereocenters. The number of piperazine rings is 1. The van der Waals surface area contributed by atoms with E-state index in [1.165, 1.54) is 16.4 Å². The number of nitrogens with zero attached hydrogens (tertiary/aromatic N) is 2. The van der Waals surface area contributed by atoms with E-state index in [4.69, 9.17) is 0 Å². The molecule has 5 nitrogen and oxygen atoms in total. The minimum absolute atomic E-state index is 0.240. The number of sulfonamides is 1. The molecule has 0 radical (unpaired) electrons. The summed E-state index contributed by atoms with van der Waals surface area (Å²) >= 11 is 0. The highest BCUT2D eigenvalue weighted by Crippen LogP contribution is 2.31. The summed E-state index contributed by atoms with van der Waals surface area (Å²) in [6.45, 7) is 2.90. The van der Waals surface area contributed by atoms with Gasteiger partial charge in [-0.05, 0) is 30.2 Å². The summed E-state index contributed by atoms with van der Waals surface area (Å²) in [6, 6.07) is 7.50. The Bertz CT molecular complexity index is 776. The van der Waals surface area contributed by atoms with Gasteiger partial charge in [0.1, 0.15) is 10.7 Å². The van der Waals surface area contributed by atoms with Gasteiger partial charge in [-0.1, -0.05) is 18.2 Å². The van der Waals surface area contributed by atoms with Crippen molar-refractivity contribution in [1.82, 2.24) is 14.6 Å². The van der Waals surface area contributed by atoms with Crippen molar-refractivity contribution in [2.75, 3.05) is 19.6 Å². The van der Waals surface area contributed by atoms with Crippen LogP contribution < -0.4 is 5.32 Å². The highest BCUT2D eigenvalue weighted by molar-refractivity contribution is 7.89. The summed E-state index contributed by atoms with van der Waals surface area (Å²) in [5.74, 6) is -0.714. The third kappa shape index (κ3) is 2.99. The number of aromatic nitrogens is 1. The largest absolute Gasteiger partial charge is 0.313 e. The second-order valence-corrected chi connectivity index (χ2v) is 7.34. The van der Waals surface area contributed by atoms with Gasteiger partial charge in [0.15, 0.2) is 0 Å². The average molecular weight is 335 g/mol. The number of rotatable bonds is 3. The zero-order valence-corrected chi connectivity index (χ0v) is 13.6. The van der Waals surface area contributed by atoms with Crippen molar-refractivity contribution >= 4 is 10.0 Å². The first-order valence-corrected chi connectivity index (χ1v) is 8.83. The molecule has 1 N–H and O–H groups in total. The molecular weight excluding hydrogens is 317 g/mol. The molecule has 1 aliphatic heterocycles. The van der Waals surface area contributed by atoms with Gasteiger partial charge in [-0.2, -0.15) is 4.31 Å². The summed E-state index contributed by atoms with van der Waals surface area (Å²) in [5.41, 5.74) is 1.20. The Morgan fingerprint density at radius 2 is 2.13 bits per heavy atom. The predicted octanol–water partition coefficient (Wildman–Crippen LogP) is 1.86. The van der Waals surface area contributed by atoms with Crippen LogP contribution in [0.2, 0.25) is 0 Å². The van der Waals surface area contributed by atoms with E-state index in [0.717, 1.165) is 5.56 Å². The molecule has 23 heavy (non-hydrogen) atoms. The number of benzene rings is 1. The molecule has 0 saturated carbocycles. The van der Waals surface area contributed by atoms with E-state index >= 15 is 0 Å². The van der Waals surface area contributed by atoms with Crippen molar-refractivity contribution in [3.05, 3.63) is 59.7 Å². The molecule has 2 heterocycles. The topological polar surface area (TPSA) is 62.3 Å². The molecule has 1 aromatic carbocycles. The van der Waals surface area contributed by atoms with Crippen LogP contribution in [0.4, 0.5) is 4.39 Å². The van der Waals surface area contributed by atoms with Crippen molar-refractivity contribution in [1.29, 1.82) is 0 Å². The lowest BCUT2D eigenvalue weighted by atomic mass is 10.1. The minimum Gasteiger partial charge on any atom is -0.313 e. The highest BCUT2D eigenvalue weighted by atomic mass is 32.2. The number of aryl methyl sites for hydroxylation is 1. The second kappa shape index (κ2) is 6.35. The molecule has 1 unspecified atom stereocenters. The van der Waals surface area contributed by atoms with Crippen molar-refractivity contribution < 1.29 is 12.8 Å². The lowest BCUT2D eigenvalue weighted by molar-refractivity contribution is 0.270. The number of halogens is 1. The van der Waals surface area contributed by atoms with Crippen LogP contribution in [0.5, 0.6) is 0 Å². The van der Waals surface area contributed by atoms with Gasteiger partial charge < -0.3 is 5.32 Å². The van der Waals surface area contributed by atoms with Gasteiger partial charge in [-0.15, -0.1) is 0 Å². The van der Waals surface area contributed by atoms with E-state index in [0.29, 0.717) is 18.7 Å². The number of pyridine rings is 1. The maximum Gasteiger partial charge on any atom is 0.246 e. The molecule has 1 fully saturated rings. The molecule has 0 aliphatic carbocycles. The molecule has 1 aliphatic rings. The SMILES string of the molecule is Cc1cccc(F)c1S(=O)(=O)N1CCNCC1c1cccnc1. The molecule has 122 valence electrons. The Labute approximate surface area is 135 Å². The minimum atomic E-state index is -3.93. The van der Waals surface area contributed by atoms with E-state index in [1.54, 1.807) is 31.5 Å². The van der Waals surface area contributed by atoms with Gasteiger partial charge in [0.2, 0.25) is 10.0 Å². The first-order chi connectivity index (χ1) is 11.0. The molecule has 7 heteroatoms. The predicted molar refractivity (Wildman–Crippen MR) is 84.9 cm³/mol. The van der Waals surface area contributed by atoms with E-state index in [-0.39, 0.29) is 11.4 Å². The highest BCUT2D eigenvalue weighted by Gasteiger charge is 2.36. The molecule has 2 aromatic rings. The van der Waals surface area contributed by atoms with Crippen molar-refractivity contribution in [2.24, 2.45) is 0 Å². The van der Waals surface area contributed by atoms with Gasteiger partial charge in [0.05, 0.1) is 6.04 Å². The van der Waals surface area contributed by atoms with Crippen LogP contribution in [0.3, 0.4) is 0 Å². The van der Waals surface area contributed by atoms with Crippen LogP contribution >= 0.6 is 0 Å². The Morgan fingerprint density at radius 1 is 1.30 bits per heavy atom. The van der Waals surface area contributed by atoms with Gasteiger partial charge in [0, 0.05) is 32.0 Å². The lowest BCUT2D eigenvalue weighted by Crippen LogP contribution is -2.48. The smallest absolute Gasteiger partial charge is 0.246 e. The van der Waals surface area contributed by atoms with Gasteiger partial charge in [-0.25, -0.2) is 12.8 Å². The Hall–Kier alpha value is -1.83. The first kappa shape index (κ1) is 16.0.